The number of carboxylic acid groups (broad SMARTS) is 1. The van der Waals surface area contributed by atoms with Crippen molar-refractivity contribution in [2.45, 2.75) is 24.3 Å². The van der Waals surface area contributed by atoms with Gasteiger partial charge in [-0.3, -0.25) is 4.79 Å². The van der Waals surface area contributed by atoms with Gasteiger partial charge in [-0.1, -0.05) is 18.2 Å². The number of morpholine rings is 1. The maximum absolute atomic E-state index is 12.7. The molecular formula is C13H17NO5S. The highest BCUT2D eigenvalue weighted by atomic mass is 32.2. The van der Waals surface area contributed by atoms with Crippen LogP contribution in [-0.4, -0.2) is 49.6 Å². The summed E-state index contributed by atoms with van der Waals surface area (Å²) >= 11 is 0. The van der Waals surface area contributed by atoms with Gasteiger partial charge >= 0.3 is 5.97 Å². The first-order valence-corrected chi connectivity index (χ1v) is 7.74. The van der Waals surface area contributed by atoms with Gasteiger partial charge in [-0.25, -0.2) is 8.42 Å². The highest BCUT2D eigenvalue weighted by Crippen LogP contribution is 2.24. The maximum Gasteiger partial charge on any atom is 0.305 e. The number of nitrogens with zero attached hydrogens (tertiary/aromatic N) is 1. The highest BCUT2D eigenvalue weighted by molar-refractivity contribution is 7.89. The summed E-state index contributed by atoms with van der Waals surface area (Å²) < 4.78 is 31.8. The topological polar surface area (TPSA) is 83.9 Å². The van der Waals surface area contributed by atoms with Crippen molar-refractivity contribution in [1.29, 1.82) is 0 Å². The zero-order valence-electron chi connectivity index (χ0n) is 11.2. The fourth-order valence-electron chi connectivity index (χ4n) is 2.29. The Morgan fingerprint density at radius 1 is 1.45 bits per heavy atom. The van der Waals surface area contributed by atoms with E-state index in [0.717, 1.165) is 0 Å². The zero-order chi connectivity index (χ0) is 14.8. The number of hydrogen-bond acceptors (Lipinski definition) is 4. The molecule has 0 aromatic heterocycles. The molecule has 0 saturated carbocycles. The molecule has 1 fully saturated rings. The molecule has 0 radical (unpaired) electrons. The molecule has 1 atom stereocenters. The highest BCUT2D eigenvalue weighted by Gasteiger charge is 2.35. The molecule has 2 rings (SSSR count). The third kappa shape index (κ3) is 3.00. The molecule has 1 aliphatic heterocycles. The summed E-state index contributed by atoms with van der Waals surface area (Å²) in [5.74, 6) is -1.04. The monoisotopic (exact) mass is 299 g/mol. The third-order valence-electron chi connectivity index (χ3n) is 3.26. The largest absolute Gasteiger partial charge is 0.481 e. The summed E-state index contributed by atoms with van der Waals surface area (Å²) in [6.07, 6.45) is -0.259. The molecule has 0 spiro atoms. The van der Waals surface area contributed by atoms with Crippen LogP contribution in [0.3, 0.4) is 0 Å². The number of hydrogen-bond donors (Lipinski definition) is 1. The van der Waals surface area contributed by atoms with Gasteiger partial charge in [0.1, 0.15) is 0 Å². The summed E-state index contributed by atoms with van der Waals surface area (Å²) in [5, 5.41) is 8.90. The second-order valence-electron chi connectivity index (χ2n) is 4.71. The van der Waals surface area contributed by atoms with Gasteiger partial charge in [0, 0.05) is 6.54 Å². The van der Waals surface area contributed by atoms with Crippen LogP contribution >= 0.6 is 0 Å². The van der Waals surface area contributed by atoms with Gasteiger partial charge in [0.2, 0.25) is 10.0 Å². The van der Waals surface area contributed by atoms with Crippen LogP contribution in [0.5, 0.6) is 0 Å². The molecule has 1 heterocycles. The van der Waals surface area contributed by atoms with E-state index in [1.807, 2.05) is 0 Å². The average Bonchev–Trinajstić information content (AvgIpc) is 2.38. The normalized spacial score (nSPS) is 20.8. The molecule has 7 heteroatoms. The van der Waals surface area contributed by atoms with Gasteiger partial charge in [0.05, 0.1) is 30.6 Å². The van der Waals surface area contributed by atoms with Gasteiger partial charge in [0.25, 0.3) is 0 Å². The van der Waals surface area contributed by atoms with Crippen LogP contribution in [-0.2, 0) is 19.6 Å². The fourth-order valence-corrected chi connectivity index (χ4v) is 4.11. The van der Waals surface area contributed by atoms with Crippen LogP contribution < -0.4 is 0 Å². The molecule has 1 unspecified atom stereocenters. The standard InChI is InChI=1S/C13H17NO5S/c1-10-4-2-3-5-12(10)20(17,18)14-6-7-19-9-11(14)8-13(15)16/h2-5,11H,6-9H2,1H3,(H,15,16). The Bertz CT molecular complexity index is 599. The van der Waals surface area contributed by atoms with Gasteiger partial charge in [-0.05, 0) is 18.6 Å². The quantitative estimate of drug-likeness (QED) is 0.891. The van der Waals surface area contributed by atoms with Crippen molar-refractivity contribution in [3.63, 3.8) is 0 Å². The smallest absolute Gasteiger partial charge is 0.305 e. The van der Waals surface area contributed by atoms with E-state index in [-0.39, 0.29) is 31.1 Å². The minimum atomic E-state index is -3.70. The van der Waals surface area contributed by atoms with E-state index < -0.39 is 22.0 Å². The second kappa shape index (κ2) is 5.90. The van der Waals surface area contributed by atoms with E-state index >= 15 is 0 Å². The number of aryl methyl sites for hydroxylation is 1. The zero-order valence-corrected chi connectivity index (χ0v) is 12.0. The molecule has 20 heavy (non-hydrogen) atoms. The van der Waals surface area contributed by atoms with Crippen molar-refractivity contribution in [1.82, 2.24) is 4.31 Å². The lowest BCUT2D eigenvalue weighted by Crippen LogP contribution is -2.49. The molecule has 1 saturated heterocycles. The van der Waals surface area contributed by atoms with Crippen molar-refractivity contribution < 1.29 is 23.1 Å². The Labute approximate surface area is 118 Å². The first-order chi connectivity index (χ1) is 9.43. The van der Waals surface area contributed by atoms with E-state index in [2.05, 4.69) is 0 Å². The van der Waals surface area contributed by atoms with Gasteiger partial charge in [0.15, 0.2) is 0 Å². The summed E-state index contributed by atoms with van der Waals surface area (Å²) in [6.45, 7) is 2.28. The number of carbonyl (C=O) groups is 1. The summed E-state index contributed by atoms with van der Waals surface area (Å²) in [6, 6.07) is 6.03. The number of aliphatic carboxylic acids is 1. The van der Waals surface area contributed by atoms with Crippen molar-refractivity contribution in [3.8, 4) is 0 Å². The molecule has 6 nitrogen and oxygen atoms in total. The van der Waals surface area contributed by atoms with E-state index in [1.165, 1.54) is 10.4 Å². The first-order valence-electron chi connectivity index (χ1n) is 6.30. The Morgan fingerprint density at radius 3 is 2.80 bits per heavy atom. The lowest BCUT2D eigenvalue weighted by atomic mass is 10.2. The Balaban J connectivity index is 2.36. The molecule has 1 aliphatic rings. The van der Waals surface area contributed by atoms with Crippen LogP contribution in [0.15, 0.2) is 29.2 Å². The predicted octanol–water partition coefficient (Wildman–Crippen LogP) is 0.859. The van der Waals surface area contributed by atoms with E-state index in [4.69, 9.17) is 9.84 Å². The fraction of sp³-hybridized carbons (Fsp3) is 0.462. The van der Waals surface area contributed by atoms with Crippen molar-refractivity contribution in [3.05, 3.63) is 29.8 Å². The number of benzene rings is 1. The Kier molecular flexibility index (Phi) is 4.42. The first kappa shape index (κ1) is 15.0. The number of ether oxygens (including phenoxy) is 1. The molecule has 0 aliphatic carbocycles. The number of carboxylic acids is 1. The number of sulfonamides is 1. The molecule has 1 N–H and O–H groups in total. The summed E-state index contributed by atoms with van der Waals surface area (Å²) in [4.78, 5) is 11.1. The second-order valence-corrected chi connectivity index (χ2v) is 6.57. The summed E-state index contributed by atoms with van der Waals surface area (Å²) in [7, 11) is -3.70. The predicted molar refractivity (Wildman–Crippen MR) is 71.9 cm³/mol. The van der Waals surface area contributed by atoms with Crippen LogP contribution in [0.2, 0.25) is 0 Å². The van der Waals surface area contributed by atoms with Crippen molar-refractivity contribution in [2.75, 3.05) is 19.8 Å². The molecule has 110 valence electrons. The Morgan fingerprint density at radius 2 is 2.15 bits per heavy atom. The molecule has 1 aromatic rings. The summed E-state index contributed by atoms with van der Waals surface area (Å²) in [5.41, 5.74) is 0.646. The minimum Gasteiger partial charge on any atom is -0.481 e. The Hall–Kier alpha value is -1.44. The molecule has 0 bridgehead atoms. The van der Waals surface area contributed by atoms with Crippen molar-refractivity contribution in [2.24, 2.45) is 0 Å². The van der Waals surface area contributed by atoms with Gasteiger partial charge in [-0.15, -0.1) is 0 Å². The van der Waals surface area contributed by atoms with Crippen molar-refractivity contribution >= 4 is 16.0 Å². The minimum absolute atomic E-state index is 0.109. The number of rotatable bonds is 4. The van der Waals surface area contributed by atoms with Crippen LogP contribution in [0, 0.1) is 6.92 Å². The lowest BCUT2D eigenvalue weighted by Gasteiger charge is -2.34. The molecule has 0 amide bonds. The van der Waals surface area contributed by atoms with Crippen LogP contribution in [0.1, 0.15) is 12.0 Å². The van der Waals surface area contributed by atoms with E-state index in [1.54, 1.807) is 25.1 Å². The molecule has 1 aromatic carbocycles. The average molecular weight is 299 g/mol. The van der Waals surface area contributed by atoms with E-state index in [9.17, 15) is 13.2 Å². The maximum atomic E-state index is 12.7. The van der Waals surface area contributed by atoms with Gasteiger partial charge in [-0.2, -0.15) is 4.31 Å². The third-order valence-corrected chi connectivity index (χ3v) is 5.38. The van der Waals surface area contributed by atoms with Gasteiger partial charge < -0.3 is 9.84 Å². The van der Waals surface area contributed by atoms with Crippen LogP contribution in [0.4, 0.5) is 0 Å². The molecular weight excluding hydrogens is 282 g/mol. The lowest BCUT2D eigenvalue weighted by molar-refractivity contribution is -0.139. The SMILES string of the molecule is Cc1ccccc1S(=O)(=O)N1CCOCC1CC(=O)O. The van der Waals surface area contributed by atoms with Crippen LogP contribution in [0.25, 0.3) is 0 Å². The van der Waals surface area contributed by atoms with E-state index in [0.29, 0.717) is 5.56 Å².